The van der Waals surface area contributed by atoms with Crippen LogP contribution in [0.3, 0.4) is 0 Å². The normalized spacial score (nSPS) is 15.3. The number of aromatic nitrogens is 2. The number of benzene rings is 1. The van der Waals surface area contributed by atoms with Gasteiger partial charge in [-0.15, -0.1) is 0 Å². The van der Waals surface area contributed by atoms with Gasteiger partial charge < -0.3 is 5.73 Å². The molecule has 3 N–H and O–H groups in total. The van der Waals surface area contributed by atoms with Gasteiger partial charge in [0, 0.05) is 16.7 Å². The molecule has 1 aromatic carbocycles. The summed E-state index contributed by atoms with van der Waals surface area (Å²) in [5.74, 6) is 0.414. The molecule has 3 rings (SSSR count). The predicted molar refractivity (Wildman–Crippen MR) is 96.1 cm³/mol. The van der Waals surface area contributed by atoms with Crippen molar-refractivity contribution in [3.8, 4) is 11.3 Å². The molecule has 1 aromatic heterocycles. The van der Waals surface area contributed by atoms with E-state index in [2.05, 4.69) is 14.7 Å². The predicted octanol–water partition coefficient (Wildman–Crippen LogP) is 2.93. The van der Waals surface area contributed by atoms with Crippen LogP contribution in [0.15, 0.2) is 30.5 Å². The van der Waals surface area contributed by atoms with Gasteiger partial charge in [-0.3, -0.25) is 4.72 Å². The molecule has 1 aliphatic rings. The van der Waals surface area contributed by atoms with Crippen LogP contribution in [-0.2, 0) is 15.4 Å². The van der Waals surface area contributed by atoms with Crippen molar-refractivity contribution in [2.45, 2.75) is 44.3 Å². The fourth-order valence-electron chi connectivity index (χ4n) is 2.46. The maximum atomic E-state index is 12.1. The molecule has 0 bridgehead atoms. The Morgan fingerprint density at radius 1 is 1.25 bits per heavy atom. The van der Waals surface area contributed by atoms with E-state index in [1.807, 2.05) is 26.8 Å². The maximum Gasteiger partial charge on any atom is 0.235 e. The summed E-state index contributed by atoms with van der Waals surface area (Å²) in [6, 6.07) is 7.18. The minimum Gasteiger partial charge on any atom is -0.382 e. The van der Waals surface area contributed by atoms with Crippen molar-refractivity contribution in [3.63, 3.8) is 0 Å². The van der Waals surface area contributed by atoms with Crippen molar-refractivity contribution < 1.29 is 8.42 Å². The molecule has 0 atom stereocenters. The second-order valence-electron chi connectivity index (χ2n) is 7.17. The lowest BCUT2D eigenvalue weighted by Gasteiger charge is -2.20. The van der Waals surface area contributed by atoms with E-state index in [0.717, 1.165) is 24.1 Å². The second-order valence-corrected chi connectivity index (χ2v) is 9.13. The molecule has 0 aliphatic heterocycles. The van der Waals surface area contributed by atoms with Crippen molar-refractivity contribution in [1.82, 2.24) is 9.97 Å². The fraction of sp³-hybridized carbons (Fsp3) is 0.412. The summed E-state index contributed by atoms with van der Waals surface area (Å²) in [4.78, 5) is 8.88. The third kappa shape index (κ3) is 3.51. The first-order valence-corrected chi connectivity index (χ1v) is 9.46. The SMILES string of the molecule is CC(C)(C)c1nc(-c2cccc(NS(=O)(=O)C3CC3)c2)cnc1N. The summed E-state index contributed by atoms with van der Waals surface area (Å²) in [7, 11) is -3.28. The van der Waals surface area contributed by atoms with Gasteiger partial charge in [-0.25, -0.2) is 18.4 Å². The summed E-state index contributed by atoms with van der Waals surface area (Å²) in [5, 5.41) is -0.259. The standard InChI is InChI=1S/C17H22N4O2S/c1-17(2,3)15-16(18)19-10-14(20-15)11-5-4-6-12(9-11)21-24(22,23)13-7-8-13/h4-6,9-10,13,21H,7-8H2,1-3H3,(H2,18,19). The molecule has 0 amide bonds. The van der Waals surface area contributed by atoms with Gasteiger partial charge in [-0.05, 0) is 25.0 Å². The monoisotopic (exact) mass is 346 g/mol. The molecule has 0 radical (unpaired) electrons. The number of nitrogens with one attached hydrogen (secondary N) is 1. The summed E-state index contributed by atoms with van der Waals surface area (Å²) >= 11 is 0. The van der Waals surface area contributed by atoms with Crippen LogP contribution in [0.25, 0.3) is 11.3 Å². The third-order valence-corrected chi connectivity index (χ3v) is 5.76. The highest BCUT2D eigenvalue weighted by Gasteiger charge is 2.35. The Labute approximate surface area is 142 Å². The number of sulfonamides is 1. The summed E-state index contributed by atoms with van der Waals surface area (Å²) < 4.78 is 26.8. The molecule has 1 aliphatic carbocycles. The minimum atomic E-state index is -3.28. The summed E-state index contributed by atoms with van der Waals surface area (Å²) in [6.07, 6.45) is 3.07. The fourth-order valence-corrected chi connectivity index (χ4v) is 3.84. The minimum absolute atomic E-state index is 0.224. The van der Waals surface area contributed by atoms with Crippen LogP contribution in [0.2, 0.25) is 0 Å². The molecule has 1 fully saturated rings. The zero-order valence-corrected chi connectivity index (χ0v) is 14.9. The summed E-state index contributed by atoms with van der Waals surface area (Å²) in [6.45, 7) is 6.08. The van der Waals surface area contributed by atoms with Gasteiger partial charge in [-0.1, -0.05) is 32.9 Å². The Bertz CT molecular complexity index is 868. The van der Waals surface area contributed by atoms with Gasteiger partial charge in [0.2, 0.25) is 10.0 Å². The Balaban J connectivity index is 1.94. The molecule has 0 spiro atoms. The van der Waals surface area contributed by atoms with Crippen LogP contribution in [0.5, 0.6) is 0 Å². The number of nitrogens with two attached hydrogens (primary N) is 1. The molecule has 6 nitrogen and oxygen atoms in total. The van der Waals surface area contributed by atoms with Crippen molar-refractivity contribution in [2.24, 2.45) is 0 Å². The molecule has 2 aromatic rings. The first-order valence-electron chi connectivity index (χ1n) is 7.92. The smallest absolute Gasteiger partial charge is 0.235 e. The van der Waals surface area contributed by atoms with Crippen molar-refractivity contribution in [1.29, 1.82) is 0 Å². The van der Waals surface area contributed by atoms with E-state index in [0.29, 0.717) is 17.2 Å². The van der Waals surface area contributed by atoms with Gasteiger partial charge in [0.05, 0.1) is 22.8 Å². The Morgan fingerprint density at radius 3 is 2.58 bits per heavy atom. The van der Waals surface area contributed by atoms with Crippen LogP contribution in [0, 0.1) is 0 Å². The molecule has 1 saturated carbocycles. The molecule has 0 unspecified atom stereocenters. The van der Waals surface area contributed by atoms with Gasteiger partial charge in [-0.2, -0.15) is 0 Å². The Hall–Kier alpha value is -2.15. The number of nitrogens with zero attached hydrogens (tertiary/aromatic N) is 2. The van der Waals surface area contributed by atoms with Crippen LogP contribution in [0.4, 0.5) is 11.5 Å². The Kier molecular flexibility index (Phi) is 3.99. The van der Waals surface area contributed by atoms with E-state index in [1.165, 1.54) is 0 Å². The molecular formula is C17H22N4O2S. The molecular weight excluding hydrogens is 324 g/mol. The van der Waals surface area contributed by atoms with E-state index >= 15 is 0 Å². The average Bonchev–Trinajstić information content (AvgIpc) is 3.31. The summed E-state index contributed by atoms with van der Waals surface area (Å²) in [5.41, 5.74) is 8.44. The highest BCUT2D eigenvalue weighted by Crippen LogP contribution is 2.31. The van der Waals surface area contributed by atoms with E-state index < -0.39 is 10.0 Å². The molecule has 1 heterocycles. The average molecular weight is 346 g/mol. The van der Waals surface area contributed by atoms with Crippen LogP contribution in [0.1, 0.15) is 39.3 Å². The number of nitrogen functional groups attached to an aromatic ring is 1. The number of anilines is 2. The third-order valence-electron chi connectivity index (χ3n) is 3.89. The van der Waals surface area contributed by atoms with Gasteiger partial charge in [0.15, 0.2) is 0 Å². The van der Waals surface area contributed by atoms with Gasteiger partial charge in [0.25, 0.3) is 0 Å². The molecule has 7 heteroatoms. The van der Waals surface area contributed by atoms with E-state index in [9.17, 15) is 8.42 Å². The lowest BCUT2D eigenvalue weighted by atomic mass is 9.91. The van der Waals surface area contributed by atoms with E-state index in [-0.39, 0.29) is 10.7 Å². The first kappa shape index (κ1) is 16.7. The Morgan fingerprint density at radius 2 is 1.96 bits per heavy atom. The van der Waals surface area contributed by atoms with Gasteiger partial charge in [0.1, 0.15) is 5.82 Å². The highest BCUT2D eigenvalue weighted by atomic mass is 32.2. The quantitative estimate of drug-likeness (QED) is 0.887. The molecule has 128 valence electrons. The topological polar surface area (TPSA) is 98.0 Å². The lowest BCUT2D eigenvalue weighted by Crippen LogP contribution is -2.18. The zero-order chi connectivity index (χ0) is 17.5. The van der Waals surface area contributed by atoms with Gasteiger partial charge >= 0.3 is 0 Å². The van der Waals surface area contributed by atoms with E-state index in [4.69, 9.17) is 5.73 Å². The largest absolute Gasteiger partial charge is 0.382 e. The van der Waals surface area contributed by atoms with Crippen LogP contribution in [-0.4, -0.2) is 23.6 Å². The van der Waals surface area contributed by atoms with Crippen molar-refractivity contribution >= 4 is 21.5 Å². The number of hydrogen-bond acceptors (Lipinski definition) is 5. The number of rotatable bonds is 4. The van der Waals surface area contributed by atoms with Crippen molar-refractivity contribution in [3.05, 3.63) is 36.2 Å². The first-order chi connectivity index (χ1) is 11.2. The lowest BCUT2D eigenvalue weighted by molar-refractivity contribution is 0.569. The van der Waals surface area contributed by atoms with Crippen LogP contribution < -0.4 is 10.5 Å². The number of hydrogen-bond donors (Lipinski definition) is 2. The van der Waals surface area contributed by atoms with Crippen LogP contribution >= 0.6 is 0 Å². The van der Waals surface area contributed by atoms with E-state index in [1.54, 1.807) is 24.4 Å². The molecule has 24 heavy (non-hydrogen) atoms. The maximum absolute atomic E-state index is 12.1. The van der Waals surface area contributed by atoms with Crippen molar-refractivity contribution in [2.75, 3.05) is 10.5 Å². The second kappa shape index (κ2) is 5.73. The molecule has 0 saturated heterocycles. The highest BCUT2D eigenvalue weighted by molar-refractivity contribution is 7.93. The zero-order valence-electron chi connectivity index (χ0n) is 14.1.